The molecule has 4 heteroatoms. The van der Waals surface area contributed by atoms with E-state index in [2.05, 4.69) is 11.5 Å². The first-order valence-corrected chi connectivity index (χ1v) is 8.58. The first kappa shape index (κ1) is 16.1. The van der Waals surface area contributed by atoms with Gasteiger partial charge in [0.25, 0.3) is 0 Å². The molecule has 1 aromatic rings. The van der Waals surface area contributed by atoms with Gasteiger partial charge < -0.3 is 9.64 Å². The number of ether oxygens (including phenoxy) is 1. The van der Waals surface area contributed by atoms with Crippen LogP contribution in [-0.4, -0.2) is 48.1 Å². The first-order valence-electron chi connectivity index (χ1n) is 8.58. The fourth-order valence-electron chi connectivity index (χ4n) is 3.69. The molecule has 2 atom stereocenters. The molecular formula is C19H26N2O2. The van der Waals surface area contributed by atoms with E-state index in [1.54, 1.807) is 0 Å². The summed E-state index contributed by atoms with van der Waals surface area (Å²) < 4.78 is 5.48. The topological polar surface area (TPSA) is 32.8 Å². The van der Waals surface area contributed by atoms with Crippen LogP contribution in [0.2, 0.25) is 0 Å². The van der Waals surface area contributed by atoms with Crippen molar-refractivity contribution in [1.29, 1.82) is 0 Å². The van der Waals surface area contributed by atoms with Crippen molar-refractivity contribution in [1.82, 2.24) is 9.80 Å². The molecule has 2 heterocycles. The van der Waals surface area contributed by atoms with Gasteiger partial charge in [-0.3, -0.25) is 4.90 Å². The lowest BCUT2D eigenvalue weighted by Crippen LogP contribution is -2.56. The molecule has 124 valence electrons. The van der Waals surface area contributed by atoms with E-state index in [1.807, 2.05) is 41.3 Å². The molecule has 0 radical (unpaired) electrons. The van der Waals surface area contributed by atoms with Gasteiger partial charge >= 0.3 is 6.09 Å². The highest BCUT2D eigenvalue weighted by Crippen LogP contribution is 2.31. The summed E-state index contributed by atoms with van der Waals surface area (Å²) in [5.41, 5.74) is 1.03. The summed E-state index contributed by atoms with van der Waals surface area (Å²) in [5.74, 6) is 0.571. The lowest BCUT2D eigenvalue weighted by Gasteiger charge is -2.47. The number of likely N-dealkylation sites (tertiary alicyclic amines) is 2. The van der Waals surface area contributed by atoms with E-state index in [0.717, 1.165) is 38.2 Å². The summed E-state index contributed by atoms with van der Waals surface area (Å²) in [6.07, 6.45) is 5.32. The zero-order valence-corrected chi connectivity index (χ0v) is 13.7. The van der Waals surface area contributed by atoms with Crippen LogP contribution >= 0.6 is 0 Å². The van der Waals surface area contributed by atoms with Crippen LogP contribution in [-0.2, 0) is 11.3 Å². The second kappa shape index (κ2) is 7.64. The van der Waals surface area contributed by atoms with Gasteiger partial charge in [-0.05, 0) is 30.7 Å². The third-order valence-electron chi connectivity index (χ3n) is 5.01. The standard InChI is InChI=1S/C19H26N2O2/c1-2-11-20-13-10-18(20)17-9-6-12-21(14-17)19(22)23-15-16-7-4-3-5-8-16/h2-5,7-8,17-18H,1,6,9-15H2/t17-,18?/m1/s1. The molecule has 1 unspecified atom stereocenters. The van der Waals surface area contributed by atoms with Crippen LogP contribution in [0, 0.1) is 5.92 Å². The average Bonchev–Trinajstić information content (AvgIpc) is 2.58. The van der Waals surface area contributed by atoms with Crippen molar-refractivity contribution in [2.75, 3.05) is 26.2 Å². The minimum absolute atomic E-state index is 0.173. The van der Waals surface area contributed by atoms with Crippen molar-refractivity contribution >= 4 is 6.09 Å². The summed E-state index contributed by atoms with van der Waals surface area (Å²) in [6.45, 7) is 7.95. The molecule has 4 nitrogen and oxygen atoms in total. The van der Waals surface area contributed by atoms with Crippen LogP contribution in [0.4, 0.5) is 4.79 Å². The van der Waals surface area contributed by atoms with E-state index in [0.29, 0.717) is 18.6 Å². The maximum absolute atomic E-state index is 12.3. The SMILES string of the molecule is C=CCN1CCC1[C@@H]1CCCN(C(=O)OCc2ccccc2)C1. The molecule has 23 heavy (non-hydrogen) atoms. The quantitative estimate of drug-likeness (QED) is 0.782. The summed E-state index contributed by atoms with van der Waals surface area (Å²) >= 11 is 0. The van der Waals surface area contributed by atoms with Crippen molar-refractivity contribution in [3.63, 3.8) is 0 Å². The van der Waals surface area contributed by atoms with Gasteiger partial charge in [-0.25, -0.2) is 4.79 Å². The first-order chi connectivity index (χ1) is 11.3. The van der Waals surface area contributed by atoms with E-state index in [9.17, 15) is 4.79 Å². The largest absolute Gasteiger partial charge is 0.445 e. The highest BCUT2D eigenvalue weighted by molar-refractivity contribution is 5.67. The van der Waals surface area contributed by atoms with Gasteiger partial charge in [-0.15, -0.1) is 6.58 Å². The Bertz CT molecular complexity index is 531. The number of benzene rings is 1. The molecule has 2 aliphatic heterocycles. The number of amides is 1. The van der Waals surface area contributed by atoms with Crippen molar-refractivity contribution in [3.05, 3.63) is 48.6 Å². The lowest BCUT2D eigenvalue weighted by atomic mass is 9.83. The van der Waals surface area contributed by atoms with Gasteiger partial charge in [0, 0.05) is 32.2 Å². The van der Waals surface area contributed by atoms with E-state index in [1.165, 1.54) is 12.8 Å². The molecule has 0 aliphatic carbocycles. The zero-order chi connectivity index (χ0) is 16.1. The molecule has 0 aromatic heterocycles. The van der Waals surface area contributed by atoms with Gasteiger partial charge in [0.05, 0.1) is 0 Å². The smallest absolute Gasteiger partial charge is 0.410 e. The van der Waals surface area contributed by atoms with Crippen LogP contribution < -0.4 is 0 Å². The highest BCUT2D eigenvalue weighted by atomic mass is 16.6. The van der Waals surface area contributed by atoms with E-state index < -0.39 is 0 Å². The van der Waals surface area contributed by atoms with Crippen LogP contribution in [0.25, 0.3) is 0 Å². The molecule has 2 fully saturated rings. The number of hydrogen-bond acceptors (Lipinski definition) is 3. The van der Waals surface area contributed by atoms with E-state index in [-0.39, 0.29) is 6.09 Å². The van der Waals surface area contributed by atoms with Gasteiger partial charge in [-0.1, -0.05) is 36.4 Å². The molecular weight excluding hydrogens is 288 g/mol. The number of carbonyl (C=O) groups excluding carboxylic acids is 1. The van der Waals surface area contributed by atoms with Gasteiger partial charge in [0.2, 0.25) is 0 Å². The monoisotopic (exact) mass is 314 g/mol. The van der Waals surface area contributed by atoms with Crippen molar-refractivity contribution in [2.24, 2.45) is 5.92 Å². The Hall–Kier alpha value is -1.81. The molecule has 1 aromatic carbocycles. The van der Waals surface area contributed by atoms with E-state index in [4.69, 9.17) is 4.74 Å². The Morgan fingerprint density at radius 3 is 2.78 bits per heavy atom. The normalized spacial score (nSPS) is 24.8. The lowest BCUT2D eigenvalue weighted by molar-refractivity contribution is 0.0153. The molecule has 1 amide bonds. The Morgan fingerprint density at radius 2 is 2.09 bits per heavy atom. The Kier molecular flexibility index (Phi) is 5.34. The fourth-order valence-corrected chi connectivity index (χ4v) is 3.69. The molecule has 3 rings (SSSR count). The number of carbonyl (C=O) groups is 1. The molecule has 0 spiro atoms. The summed E-state index contributed by atoms with van der Waals surface area (Å²) in [4.78, 5) is 16.7. The van der Waals surface area contributed by atoms with Gasteiger partial charge in [0.1, 0.15) is 6.61 Å². The molecule has 0 bridgehead atoms. The Balaban J connectivity index is 1.49. The van der Waals surface area contributed by atoms with Gasteiger partial charge in [0.15, 0.2) is 0 Å². The number of piperidine rings is 1. The van der Waals surface area contributed by atoms with Crippen LogP contribution in [0.3, 0.4) is 0 Å². The second-order valence-corrected chi connectivity index (χ2v) is 6.53. The van der Waals surface area contributed by atoms with Crippen molar-refractivity contribution < 1.29 is 9.53 Å². The minimum Gasteiger partial charge on any atom is -0.445 e. The highest BCUT2D eigenvalue weighted by Gasteiger charge is 2.37. The Labute approximate surface area is 138 Å². The third-order valence-corrected chi connectivity index (χ3v) is 5.01. The predicted octanol–water partition coefficient (Wildman–Crippen LogP) is 3.30. The summed E-state index contributed by atoms with van der Waals surface area (Å²) in [6, 6.07) is 10.5. The van der Waals surface area contributed by atoms with Crippen LogP contribution in [0.15, 0.2) is 43.0 Å². The minimum atomic E-state index is -0.173. The molecule has 0 saturated carbocycles. The summed E-state index contributed by atoms with van der Waals surface area (Å²) in [7, 11) is 0. The van der Waals surface area contributed by atoms with Crippen molar-refractivity contribution in [3.8, 4) is 0 Å². The third kappa shape index (κ3) is 3.94. The maximum Gasteiger partial charge on any atom is 0.410 e. The molecule has 2 aliphatic rings. The number of nitrogens with zero attached hydrogens (tertiary/aromatic N) is 2. The van der Waals surface area contributed by atoms with Gasteiger partial charge in [-0.2, -0.15) is 0 Å². The molecule has 0 N–H and O–H groups in total. The Morgan fingerprint density at radius 1 is 1.26 bits per heavy atom. The van der Waals surface area contributed by atoms with Crippen LogP contribution in [0.5, 0.6) is 0 Å². The van der Waals surface area contributed by atoms with Crippen molar-refractivity contribution in [2.45, 2.75) is 31.9 Å². The maximum atomic E-state index is 12.3. The summed E-state index contributed by atoms with van der Waals surface area (Å²) in [5, 5.41) is 0. The average molecular weight is 314 g/mol. The number of rotatable bonds is 5. The second-order valence-electron chi connectivity index (χ2n) is 6.53. The van der Waals surface area contributed by atoms with Crippen LogP contribution in [0.1, 0.15) is 24.8 Å². The van der Waals surface area contributed by atoms with E-state index >= 15 is 0 Å². The molecule has 2 saturated heterocycles. The number of hydrogen-bond donors (Lipinski definition) is 0. The predicted molar refractivity (Wildman–Crippen MR) is 91.1 cm³/mol. The zero-order valence-electron chi connectivity index (χ0n) is 13.7. The fraction of sp³-hybridized carbons (Fsp3) is 0.526.